The van der Waals surface area contributed by atoms with Crippen molar-refractivity contribution in [3.63, 3.8) is 0 Å². The summed E-state index contributed by atoms with van der Waals surface area (Å²) in [6.07, 6.45) is 1.06. The Labute approximate surface area is 141 Å². The number of aromatic nitrogens is 2. The number of hydrogen-bond acceptors (Lipinski definition) is 5. The molecule has 0 unspecified atom stereocenters. The molecule has 0 aromatic carbocycles. The number of carbonyl (C=O) groups is 1. The van der Waals surface area contributed by atoms with Crippen LogP contribution in [0, 0.1) is 0 Å². The van der Waals surface area contributed by atoms with E-state index in [-0.39, 0.29) is 0 Å². The average Bonchev–Trinajstić information content (AvgIpc) is 2.59. The Balaban J connectivity index is 1.96. The SMILES string of the molecule is C=C1Cc2nn3c(c2C(=S)N1C(=O)OC(C)(C)C)CNCCC3. The lowest BCUT2D eigenvalue weighted by molar-refractivity contribution is 0.0411. The number of aryl methyl sites for hydroxylation is 1. The molecule has 0 fully saturated rings. The quantitative estimate of drug-likeness (QED) is 0.738. The highest BCUT2D eigenvalue weighted by Gasteiger charge is 2.36. The first kappa shape index (κ1) is 16.1. The third-order valence-electron chi connectivity index (χ3n) is 3.83. The van der Waals surface area contributed by atoms with Gasteiger partial charge < -0.3 is 10.1 Å². The van der Waals surface area contributed by atoms with Crippen LogP contribution in [0.4, 0.5) is 4.79 Å². The van der Waals surface area contributed by atoms with Gasteiger partial charge in [-0.3, -0.25) is 4.68 Å². The Bertz CT molecular complexity index is 687. The Hall–Kier alpha value is -1.73. The molecule has 1 amide bonds. The van der Waals surface area contributed by atoms with Gasteiger partial charge in [0.2, 0.25) is 0 Å². The fourth-order valence-electron chi connectivity index (χ4n) is 2.89. The van der Waals surface area contributed by atoms with Gasteiger partial charge in [0.05, 0.1) is 17.0 Å². The number of thiocarbonyl (C=S) groups is 1. The van der Waals surface area contributed by atoms with E-state index in [1.807, 2.05) is 25.5 Å². The molecule has 0 atom stereocenters. The van der Waals surface area contributed by atoms with Gasteiger partial charge in [-0.1, -0.05) is 18.8 Å². The molecule has 0 aliphatic carbocycles. The molecule has 3 heterocycles. The lowest BCUT2D eigenvalue weighted by Gasteiger charge is -2.31. The van der Waals surface area contributed by atoms with E-state index in [0.29, 0.717) is 23.7 Å². The van der Waals surface area contributed by atoms with Gasteiger partial charge >= 0.3 is 6.09 Å². The minimum absolute atomic E-state index is 0.440. The highest BCUT2D eigenvalue weighted by atomic mass is 32.1. The molecule has 0 saturated carbocycles. The Kier molecular flexibility index (Phi) is 4.01. The van der Waals surface area contributed by atoms with Crippen molar-refractivity contribution in [2.75, 3.05) is 6.54 Å². The zero-order valence-corrected chi connectivity index (χ0v) is 14.6. The number of fused-ring (bicyclic) bond motifs is 3. The molecule has 1 aromatic rings. The summed E-state index contributed by atoms with van der Waals surface area (Å²) in [5.41, 5.74) is 2.86. The monoisotopic (exact) mass is 334 g/mol. The van der Waals surface area contributed by atoms with Crippen LogP contribution in [-0.2, 0) is 24.2 Å². The number of amides is 1. The van der Waals surface area contributed by atoms with Crippen molar-refractivity contribution in [1.29, 1.82) is 0 Å². The van der Waals surface area contributed by atoms with Crippen molar-refractivity contribution in [1.82, 2.24) is 20.0 Å². The number of ether oxygens (including phenoxy) is 1. The molecule has 6 nitrogen and oxygen atoms in total. The molecular weight excluding hydrogens is 312 g/mol. The zero-order chi connectivity index (χ0) is 16.8. The first-order valence-corrected chi connectivity index (χ1v) is 8.23. The molecular formula is C16H22N4O2S. The van der Waals surface area contributed by atoms with E-state index >= 15 is 0 Å². The molecule has 0 bridgehead atoms. The van der Waals surface area contributed by atoms with E-state index in [4.69, 9.17) is 17.0 Å². The van der Waals surface area contributed by atoms with Crippen LogP contribution in [0.5, 0.6) is 0 Å². The molecule has 0 radical (unpaired) electrons. The maximum Gasteiger partial charge on any atom is 0.419 e. The van der Waals surface area contributed by atoms with Crippen LogP contribution in [0.1, 0.15) is 44.1 Å². The lowest BCUT2D eigenvalue weighted by Crippen LogP contribution is -2.42. The molecule has 2 aliphatic heterocycles. The van der Waals surface area contributed by atoms with Gasteiger partial charge in [-0.15, -0.1) is 0 Å². The fourth-order valence-corrected chi connectivity index (χ4v) is 3.33. The van der Waals surface area contributed by atoms with E-state index in [9.17, 15) is 4.79 Å². The first-order valence-electron chi connectivity index (χ1n) is 7.82. The highest BCUT2D eigenvalue weighted by molar-refractivity contribution is 7.80. The predicted octanol–water partition coefficient (Wildman–Crippen LogP) is 2.36. The van der Waals surface area contributed by atoms with E-state index in [1.165, 1.54) is 4.90 Å². The van der Waals surface area contributed by atoms with E-state index in [2.05, 4.69) is 17.0 Å². The predicted molar refractivity (Wildman–Crippen MR) is 91.2 cm³/mol. The fraction of sp³-hybridized carbons (Fsp3) is 0.562. The Morgan fingerprint density at radius 3 is 2.87 bits per heavy atom. The number of hydrogen-bond donors (Lipinski definition) is 1. The molecule has 23 heavy (non-hydrogen) atoms. The van der Waals surface area contributed by atoms with Gasteiger partial charge in [-0.05, 0) is 33.7 Å². The van der Waals surface area contributed by atoms with Crippen molar-refractivity contribution >= 4 is 23.3 Å². The smallest absolute Gasteiger partial charge is 0.419 e. The number of carbonyl (C=O) groups excluding carboxylic acids is 1. The van der Waals surface area contributed by atoms with Crippen molar-refractivity contribution in [3.8, 4) is 0 Å². The maximum absolute atomic E-state index is 12.5. The summed E-state index contributed by atoms with van der Waals surface area (Å²) in [5.74, 6) is 0. The number of nitrogens with one attached hydrogen (secondary N) is 1. The Morgan fingerprint density at radius 1 is 1.43 bits per heavy atom. The molecule has 0 spiro atoms. The van der Waals surface area contributed by atoms with Crippen LogP contribution in [0.2, 0.25) is 0 Å². The summed E-state index contributed by atoms with van der Waals surface area (Å²) < 4.78 is 7.48. The normalized spacial score (nSPS) is 18.3. The minimum atomic E-state index is -0.579. The largest absolute Gasteiger partial charge is 0.443 e. The van der Waals surface area contributed by atoms with Crippen LogP contribution in [0.25, 0.3) is 0 Å². The Morgan fingerprint density at radius 2 is 2.17 bits per heavy atom. The summed E-state index contributed by atoms with van der Waals surface area (Å²) in [7, 11) is 0. The van der Waals surface area contributed by atoms with Gasteiger partial charge in [-0.2, -0.15) is 5.10 Å². The van der Waals surface area contributed by atoms with Gasteiger partial charge in [-0.25, -0.2) is 9.69 Å². The third-order valence-corrected chi connectivity index (χ3v) is 4.21. The topological polar surface area (TPSA) is 59.4 Å². The maximum atomic E-state index is 12.5. The first-order chi connectivity index (χ1) is 10.8. The van der Waals surface area contributed by atoms with Gasteiger partial charge in [0.1, 0.15) is 10.6 Å². The van der Waals surface area contributed by atoms with E-state index in [1.54, 1.807) is 0 Å². The molecule has 124 valence electrons. The van der Waals surface area contributed by atoms with Crippen LogP contribution in [-0.4, -0.2) is 37.9 Å². The van der Waals surface area contributed by atoms with Crippen molar-refractivity contribution in [2.24, 2.45) is 0 Å². The second-order valence-electron chi connectivity index (χ2n) is 6.89. The second-order valence-corrected chi connectivity index (χ2v) is 7.27. The summed E-state index contributed by atoms with van der Waals surface area (Å²) in [6.45, 7) is 12.0. The van der Waals surface area contributed by atoms with E-state index in [0.717, 1.165) is 36.5 Å². The zero-order valence-electron chi connectivity index (χ0n) is 13.8. The molecule has 2 aliphatic rings. The molecule has 1 N–H and O–H groups in total. The molecule has 1 aromatic heterocycles. The number of allylic oxidation sites excluding steroid dienone is 1. The van der Waals surface area contributed by atoms with Crippen LogP contribution in [0.3, 0.4) is 0 Å². The van der Waals surface area contributed by atoms with Gasteiger partial charge in [0, 0.05) is 25.2 Å². The van der Waals surface area contributed by atoms with Crippen molar-refractivity contribution in [2.45, 2.75) is 52.3 Å². The lowest BCUT2D eigenvalue weighted by atomic mass is 10.0. The summed E-state index contributed by atoms with van der Waals surface area (Å²) in [4.78, 5) is 14.4. The van der Waals surface area contributed by atoms with Crippen molar-refractivity contribution < 1.29 is 9.53 Å². The number of nitrogens with zero attached hydrogens (tertiary/aromatic N) is 3. The number of rotatable bonds is 0. The summed E-state index contributed by atoms with van der Waals surface area (Å²) >= 11 is 5.59. The molecule has 7 heteroatoms. The summed E-state index contributed by atoms with van der Waals surface area (Å²) in [6, 6.07) is 0. The minimum Gasteiger partial charge on any atom is -0.443 e. The standard InChI is InChI=1S/C16H22N4O2S/c1-10-8-11-13(12-9-17-6-5-7-19(12)18-11)14(23)20(10)15(21)22-16(2,3)4/h17H,1,5-9H2,2-4H3. The van der Waals surface area contributed by atoms with Crippen molar-refractivity contribution in [3.05, 3.63) is 29.2 Å². The highest BCUT2D eigenvalue weighted by Crippen LogP contribution is 2.30. The van der Waals surface area contributed by atoms with Crippen LogP contribution in [0.15, 0.2) is 12.3 Å². The van der Waals surface area contributed by atoms with E-state index < -0.39 is 11.7 Å². The van der Waals surface area contributed by atoms with Gasteiger partial charge in [0.15, 0.2) is 0 Å². The van der Waals surface area contributed by atoms with Crippen LogP contribution < -0.4 is 5.32 Å². The van der Waals surface area contributed by atoms with Gasteiger partial charge in [0.25, 0.3) is 0 Å². The van der Waals surface area contributed by atoms with Crippen LogP contribution >= 0.6 is 12.2 Å². The third kappa shape index (κ3) is 3.03. The summed E-state index contributed by atoms with van der Waals surface area (Å²) in [5, 5.41) is 8.05. The average molecular weight is 334 g/mol. The molecule has 0 saturated heterocycles. The second kappa shape index (κ2) is 5.72. The molecule has 3 rings (SSSR count).